The number of benzene rings is 3. The maximum Gasteiger partial charge on any atom is 0.322 e. The van der Waals surface area contributed by atoms with Crippen LogP contribution >= 0.6 is 0 Å². The highest BCUT2D eigenvalue weighted by atomic mass is 19.1. The summed E-state index contributed by atoms with van der Waals surface area (Å²) in [5, 5.41) is 3.60. The molecule has 0 unspecified atom stereocenters. The van der Waals surface area contributed by atoms with Gasteiger partial charge < -0.3 is 19.9 Å². The Bertz CT molecular complexity index is 1300. The van der Waals surface area contributed by atoms with Gasteiger partial charge in [-0.1, -0.05) is 30.3 Å². The van der Waals surface area contributed by atoms with E-state index in [1.165, 1.54) is 24.3 Å². The molecule has 7 heteroatoms. The van der Waals surface area contributed by atoms with Crippen molar-refractivity contribution >= 4 is 22.6 Å². The minimum atomic E-state index is -0.382. The van der Waals surface area contributed by atoms with Gasteiger partial charge in [0.2, 0.25) is 0 Å². The molecule has 0 aliphatic heterocycles. The molecule has 0 aliphatic carbocycles. The zero-order valence-electron chi connectivity index (χ0n) is 18.2. The van der Waals surface area contributed by atoms with E-state index >= 15 is 0 Å². The first kappa shape index (κ1) is 22.1. The van der Waals surface area contributed by atoms with Gasteiger partial charge in [-0.05, 0) is 60.5 Å². The van der Waals surface area contributed by atoms with Gasteiger partial charge in [0, 0.05) is 28.7 Å². The second-order valence-electron chi connectivity index (χ2n) is 7.67. The van der Waals surface area contributed by atoms with Gasteiger partial charge in [-0.2, -0.15) is 0 Å². The van der Waals surface area contributed by atoms with E-state index in [2.05, 4.69) is 10.3 Å². The summed E-state index contributed by atoms with van der Waals surface area (Å²) in [5.74, 6) is 0.294. The van der Waals surface area contributed by atoms with Gasteiger partial charge >= 0.3 is 6.03 Å². The van der Waals surface area contributed by atoms with Crippen LogP contribution in [0.15, 0.2) is 83.7 Å². The second kappa shape index (κ2) is 9.99. The van der Waals surface area contributed by atoms with E-state index < -0.39 is 0 Å². The van der Waals surface area contributed by atoms with Crippen molar-refractivity contribution in [2.24, 2.45) is 0 Å². The van der Waals surface area contributed by atoms with Crippen LogP contribution in [0.25, 0.3) is 10.9 Å². The third kappa shape index (κ3) is 5.57. The number of methoxy groups -OCH3 is 1. The van der Waals surface area contributed by atoms with Gasteiger partial charge in [-0.25, -0.2) is 9.18 Å². The monoisotopic (exact) mass is 445 g/mol. The molecule has 3 aromatic carbocycles. The number of ether oxygens (including phenoxy) is 1. The predicted molar refractivity (Wildman–Crippen MR) is 127 cm³/mol. The Morgan fingerprint density at radius 3 is 2.52 bits per heavy atom. The summed E-state index contributed by atoms with van der Waals surface area (Å²) in [5.41, 5.74) is 2.44. The Morgan fingerprint density at radius 1 is 1.03 bits per heavy atom. The van der Waals surface area contributed by atoms with Crippen LogP contribution in [0, 0.1) is 5.82 Å². The summed E-state index contributed by atoms with van der Waals surface area (Å²) in [7, 11) is 1.58. The normalized spacial score (nSPS) is 10.7. The highest BCUT2D eigenvalue weighted by Gasteiger charge is 2.17. The van der Waals surface area contributed by atoms with Crippen LogP contribution in [-0.4, -0.2) is 29.6 Å². The quantitative estimate of drug-likeness (QED) is 0.423. The minimum absolute atomic E-state index is 0.113. The number of carbonyl (C=O) groups is 1. The number of carbonyl (C=O) groups excluding carboxylic acids is 1. The number of fused-ring (bicyclic) bond motifs is 1. The van der Waals surface area contributed by atoms with E-state index in [0.29, 0.717) is 35.5 Å². The molecular weight excluding hydrogens is 421 g/mol. The molecule has 2 amide bonds. The lowest BCUT2D eigenvalue weighted by molar-refractivity contribution is 0.209. The van der Waals surface area contributed by atoms with Gasteiger partial charge in [0.15, 0.2) is 0 Å². The number of nitrogens with one attached hydrogen (secondary N) is 2. The number of nitrogens with zero attached hydrogens (tertiary/aromatic N) is 1. The Morgan fingerprint density at radius 2 is 1.79 bits per heavy atom. The van der Waals surface area contributed by atoms with Crippen molar-refractivity contribution in [2.45, 2.75) is 13.0 Å². The van der Waals surface area contributed by atoms with Crippen LogP contribution in [0.2, 0.25) is 0 Å². The zero-order chi connectivity index (χ0) is 23.2. The SMILES string of the molecule is COc1ccc2[nH]c(=O)c(CN(CCc3ccccc3)C(=O)Nc3ccc(F)cc3)cc2c1. The number of aromatic nitrogens is 1. The maximum absolute atomic E-state index is 13.2. The number of urea groups is 1. The molecule has 0 saturated heterocycles. The van der Waals surface area contributed by atoms with Crippen LogP contribution in [0.3, 0.4) is 0 Å². The van der Waals surface area contributed by atoms with Gasteiger partial charge in [0.25, 0.3) is 5.56 Å². The lowest BCUT2D eigenvalue weighted by Crippen LogP contribution is -2.37. The number of rotatable bonds is 7. The third-order valence-electron chi connectivity index (χ3n) is 5.39. The Kier molecular flexibility index (Phi) is 6.69. The van der Waals surface area contributed by atoms with Crippen molar-refractivity contribution in [3.05, 3.63) is 106 Å². The van der Waals surface area contributed by atoms with Gasteiger partial charge in [0.1, 0.15) is 11.6 Å². The first-order valence-corrected chi connectivity index (χ1v) is 10.6. The third-order valence-corrected chi connectivity index (χ3v) is 5.39. The molecule has 4 aromatic rings. The topological polar surface area (TPSA) is 74.4 Å². The molecule has 0 fully saturated rings. The van der Waals surface area contributed by atoms with Crippen molar-refractivity contribution in [2.75, 3.05) is 19.0 Å². The number of pyridine rings is 1. The van der Waals surface area contributed by atoms with E-state index in [9.17, 15) is 14.0 Å². The van der Waals surface area contributed by atoms with Crippen molar-refractivity contribution < 1.29 is 13.9 Å². The van der Waals surface area contributed by atoms with E-state index in [1.807, 2.05) is 36.4 Å². The van der Waals surface area contributed by atoms with E-state index in [4.69, 9.17) is 4.74 Å². The average Bonchev–Trinajstić information content (AvgIpc) is 2.83. The Labute approximate surface area is 190 Å². The number of anilines is 1. The number of H-pyrrole nitrogens is 1. The van der Waals surface area contributed by atoms with Crippen LogP contribution in [-0.2, 0) is 13.0 Å². The molecule has 6 nitrogen and oxygen atoms in total. The van der Waals surface area contributed by atoms with Crippen LogP contribution in [0.5, 0.6) is 5.75 Å². The number of amides is 2. The maximum atomic E-state index is 13.2. The standard InChI is InChI=1S/C26H24FN3O3/c1-33-23-11-12-24-19(16-23)15-20(25(31)29-24)17-30(14-13-18-5-3-2-4-6-18)26(32)28-22-9-7-21(27)8-10-22/h2-12,15-16H,13-14,17H2,1H3,(H,28,32)(H,29,31). The zero-order valence-corrected chi connectivity index (χ0v) is 18.2. The molecule has 4 rings (SSSR count). The molecule has 0 aliphatic rings. The van der Waals surface area contributed by atoms with Gasteiger partial charge in [0.05, 0.1) is 13.7 Å². The first-order chi connectivity index (χ1) is 16.0. The molecule has 0 spiro atoms. The van der Waals surface area contributed by atoms with Crippen molar-refractivity contribution in [1.82, 2.24) is 9.88 Å². The van der Waals surface area contributed by atoms with E-state index in [1.54, 1.807) is 30.2 Å². The second-order valence-corrected chi connectivity index (χ2v) is 7.67. The molecule has 1 aromatic heterocycles. The van der Waals surface area contributed by atoms with E-state index in [0.717, 1.165) is 10.9 Å². The number of aromatic amines is 1. The van der Waals surface area contributed by atoms with Crippen molar-refractivity contribution in [1.29, 1.82) is 0 Å². The Hall–Kier alpha value is -4.13. The molecule has 33 heavy (non-hydrogen) atoms. The predicted octanol–water partition coefficient (Wildman–Crippen LogP) is 4.95. The number of hydrogen-bond acceptors (Lipinski definition) is 3. The highest BCUT2D eigenvalue weighted by Crippen LogP contribution is 2.20. The molecule has 0 radical (unpaired) electrons. The van der Waals surface area contributed by atoms with E-state index in [-0.39, 0.29) is 24.0 Å². The lowest BCUT2D eigenvalue weighted by Gasteiger charge is -2.23. The highest BCUT2D eigenvalue weighted by molar-refractivity contribution is 5.89. The molecule has 0 saturated carbocycles. The summed E-state index contributed by atoms with van der Waals surface area (Å²) in [4.78, 5) is 30.3. The van der Waals surface area contributed by atoms with Crippen molar-refractivity contribution in [3.63, 3.8) is 0 Å². The Balaban J connectivity index is 1.60. The molecule has 0 bridgehead atoms. The fourth-order valence-electron chi connectivity index (χ4n) is 3.58. The fraction of sp³-hybridized carbons (Fsp3) is 0.154. The minimum Gasteiger partial charge on any atom is -0.497 e. The lowest BCUT2D eigenvalue weighted by atomic mass is 10.1. The molecule has 1 heterocycles. The fourth-order valence-corrected chi connectivity index (χ4v) is 3.58. The molecule has 0 atom stereocenters. The first-order valence-electron chi connectivity index (χ1n) is 10.6. The van der Waals surface area contributed by atoms with Gasteiger partial charge in [-0.15, -0.1) is 0 Å². The smallest absolute Gasteiger partial charge is 0.322 e. The number of hydrogen-bond donors (Lipinski definition) is 2. The van der Waals surface area contributed by atoms with Gasteiger partial charge in [-0.3, -0.25) is 4.79 Å². The average molecular weight is 445 g/mol. The molecular formula is C26H24FN3O3. The summed E-state index contributed by atoms with van der Waals surface area (Å²) in [6, 6.07) is 22.2. The summed E-state index contributed by atoms with van der Waals surface area (Å²) < 4.78 is 18.5. The van der Waals surface area contributed by atoms with Crippen LogP contribution in [0.4, 0.5) is 14.9 Å². The van der Waals surface area contributed by atoms with Crippen molar-refractivity contribution in [3.8, 4) is 5.75 Å². The summed E-state index contributed by atoms with van der Waals surface area (Å²) >= 11 is 0. The summed E-state index contributed by atoms with van der Waals surface area (Å²) in [6.45, 7) is 0.509. The summed E-state index contributed by atoms with van der Waals surface area (Å²) in [6.07, 6.45) is 0.622. The van der Waals surface area contributed by atoms with Crippen LogP contribution in [0.1, 0.15) is 11.1 Å². The largest absolute Gasteiger partial charge is 0.497 e. The molecule has 2 N–H and O–H groups in total. The number of halogens is 1. The molecule has 168 valence electrons. The van der Waals surface area contributed by atoms with Crippen LogP contribution < -0.4 is 15.6 Å².